The van der Waals surface area contributed by atoms with Gasteiger partial charge in [0.25, 0.3) is 5.56 Å². The molecule has 0 atom stereocenters. The van der Waals surface area contributed by atoms with Gasteiger partial charge >= 0.3 is 0 Å². The maximum atomic E-state index is 12.2. The molecule has 0 fully saturated rings. The third-order valence-electron chi connectivity index (χ3n) is 3.60. The predicted molar refractivity (Wildman–Crippen MR) is 79.1 cm³/mol. The topological polar surface area (TPSA) is 36.1 Å². The lowest BCUT2D eigenvalue weighted by Crippen LogP contribution is -2.29. The summed E-state index contributed by atoms with van der Waals surface area (Å²) in [5, 5.41) is 0.696. The van der Waals surface area contributed by atoms with Gasteiger partial charge in [-0.1, -0.05) is 23.7 Å². The van der Waals surface area contributed by atoms with Gasteiger partial charge in [0.1, 0.15) is 0 Å². The van der Waals surface area contributed by atoms with E-state index in [2.05, 4.69) is 16.0 Å². The van der Waals surface area contributed by atoms with Crippen molar-refractivity contribution >= 4 is 17.3 Å². The zero-order valence-electron chi connectivity index (χ0n) is 10.7. The predicted octanol–water partition coefficient (Wildman–Crippen LogP) is 3.08. The fourth-order valence-corrected chi connectivity index (χ4v) is 2.68. The van der Waals surface area contributed by atoms with Crippen molar-refractivity contribution in [2.45, 2.75) is 12.8 Å². The first-order valence-electron chi connectivity index (χ1n) is 6.38. The van der Waals surface area contributed by atoms with Crippen molar-refractivity contribution in [3.8, 4) is 11.3 Å². The number of rotatable bonds is 1. The molecule has 4 heteroatoms. The van der Waals surface area contributed by atoms with E-state index in [-0.39, 0.29) is 5.56 Å². The molecule has 3 rings (SSSR count). The number of nitrogens with one attached hydrogen (secondary N) is 1. The number of fused-ring (bicyclic) bond motifs is 1. The summed E-state index contributed by atoms with van der Waals surface area (Å²) >= 11 is 5.89. The van der Waals surface area contributed by atoms with Crippen LogP contribution in [0.2, 0.25) is 5.02 Å². The van der Waals surface area contributed by atoms with Crippen molar-refractivity contribution in [1.29, 1.82) is 0 Å². The number of anilines is 1. The SMILES string of the molecule is CN1CCCc2c1cc(-c1ccc(Cl)cc1)[nH]c2=O. The van der Waals surface area contributed by atoms with Crippen molar-refractivity contribution in [3.05, 3.63) is 51.3 Å². The van der Waals surface area contributed by atoms with Crippen molar-refractivity contribution < 1.29 is 0 Å². The first kappa shape index (κ1) is 12.3. The molecule has 3 nitrogen and oxygen atoms in total. The van der Waals surface area contributed by atoms with E-state index in [0.717, 1.165) is 41.9 Å². The Balaban J connectivity index is 2.13. The second-order valence-electron chi connectivity index (χ2n) is 4.91. The second kappa shape index (κ2) is 4.74. The van der Waals surface area contributed by atoms with Crippen LogP contribution in [-0.4, -0.2) is 18.6 Å². The summed E-state index contributed by atoms with van der Waals surface area (Å²) in [6, 6.07) is 9.56. The van der Waals surface area contributed by atoms with Crippen LogP contribution < -0.4 is 10.5 Å². The molecule has 0 saturated carbocycles. The number of hydrogen-bond donors (Lipinski definition) is 1. The van der Waals surface area contributed by atoms with Crippen LogP contribution in [0.15, 0.2) is 35.1 Å². The maximum Gasteiger partial charge on any atom is 0.253 e. The summed E-state index contributed by atoms with van der Waals surface area (Å²) < 4.78 is 0. The Hall–Kier alpha value is -1.74. The van der Waals surface area contributed by atoms with E-state index < -0.39 is 0 Å². The molecule has 1 aromatic carbocycles. The van der Waals surface area contributed by atoms with Crippen LogP contribution in [0.5, 0.6) is 0 Å². The van der Waals surface area contributed by atoms with E-state index in [1.807, 2.05) is 31.3 Å². The standard InChI is InChI=1S/C15H15ClN2O/c1-18-8-2-3-12-14(18)9-13(17-15(12)19)10-4-6-11(16)7-5-10/h4-7,9H,2-3,8H2,1H3,(H,17,19). The van der Waals surface area contributed by atoms with Gasteiger partial charge in [-0.05, 0) is 36.6 Å². The molecule has 0 aliphatic carbocycles. The molecule has 0 radical (unpaired) electrons. The Labute approximate surface area is 116 Å². The molecule has 1 aliphatic rings. The molecule has 98 valence electrons. The van der Waals surface area contributed by atoms with Crippen LogP contribution >= 0.6 is 11.6 Å². The summed E-state index contributed by atoms with van der Waals surface area (Å²) in [7, 11) is 2.03. The van der Waals surface area contributed by atoms with E-state index in [1.54, 1.807) is 0 Å². The van der Waals surface area contributed by atoms with E-state index >= 15 is 0 Å². The van der Waals surface area contributed by atoms with Gasteiger partial charge in [-0.3, -0.25) is 4.79 Å². The highest BCUT2D eigenvalue weighted by Gasteiger charge is 2.18. The summed E-state index contributed by atoms with van der Waals surface area (Å²) in [4.78, 5) is 17.3. The van der Waals surface area contributed by atoms with Crippen molar-refractivity contribution in [2.75, 3.05) is 18.5 Å². The normalized spacial score (nSPS) is 14.3. The maximum absolute atomic E-state index is 12.2. The van der Waals surface area contributed by atoms with E-state index in [0.29, 0.717) is 5.02 Å². The second-order valence-corrected chi connectivity index (χ2v) is 5.34. The Bertz CT molecular complexity index is 661. The number of aromatic nitrogens is 1. The zero-order chi connectivity index (χ0) is 13.4. The minimum atomic E-state index is 0.0222. The fraction of sp³-hybridized carbons (Fsp3) is 0.267. The molecular formula is C15H15ClN2O. The smallest absolute Gasteiger partial charge is 0.253 e. The lowest BCUT2D eigenvalue weighted by Gasteiger charge is -2.27. The molecule has 0 bridgehead atoms. The van der Waals surface area contributed by atoms with Crippen LogP contribution in [0.4, 0.5) is 5.69 Å². The highest BCUT2D eigenvalue weighted by atomic mass is 35.5. The lowest BCUT2D eigenvalue weighted by atomic mass is 10.0. The Morgan fingerprint density at radius 2 is 2.00 bits per heavy atom. The van der Waals surface area contributed by atoms with Gasteiger partial charge < -0.3 is 9.88 Å². The molecule has 0 spiro atoms. The minimum absolute atomic E-state index is 0.0222. The van der Waals surface area contributed by atoms with Crippen LogP contribution in [0.3, 0.4) is 0 Å². The van der Waals surface area contributed by atoms with E-state index in [1.165, 1.54) is 0 Å². The first-order valence-corrected chi connectivity index (χ1v) is 6.76. The number of aromatic amines is 1. The fourth-order valence-electron chi connectivity index (χ4n) is 2.55. The molecule has 1 N–H and O–H groups in total. The van der Waals surface area contributed by atoms with Gasteiger partial charge in [-0.25, -0.2) is 0 Å². The summed E-state index contributed by atoms with van der Waals surface area (Å²) in [5.41, 5.74) is 3.78. The molecule has 2 aromatic rings. The molecule has 0 unspecified atom stereocenters. The summed E-state index contributed by atoms with van der Waals surface area (Å²) in [5.74, 6) is 0. The third kappa shape index (κ3) is 2.26. The number of halogens is 1. The average molecular weight is 275 g/mol. The van der Waals surface area contributed by atoms with Gasteiger partial charge in [-0.2, -0.15) is 0 Å². The van der Waals surface area contributed by atoms with Crippen LogP contribution in [-0.2, 0) is 6.42 Å². The van der Waals surface area contributed by atoms with Gasteiger partial charge in [0.2, 0.25) is 0 Å². The largest absolute Gasteiger partial charge is 0.374 e. The van der Waals surface area contributed by atoms with Crippen LogP contribution in [0.1, 0.15) is 12.0 Å². The van der Waals surface area contributed by atoms with Gasteiger partial charge in [0, 0.05) is 29.9 Å². The molecule has 0 saturated heterocycles. The molecule has 2 heterocycles. The lowest BCUT2D eigenvalue weighted by molar-refractivity contribution is 0.735. The van der Waals surface area contributed by atoms with Crippen LogP contribution in [0.25, 0.3) is 11.3 Å². The van der Waals surface area contributed by atoms with Gasteiger partial charge in [0.05, 0.1) is 5.69 Å². The highest BCUT2D eigenvalue weighted by Crippen LogP contribution is 2.27. The molecule has 19 heavy (non-hydrogen) atoms. The first-order chi connectivity index (χ1) is 9.15. The van der Waals surface area contributed by atoms with Crippen molar-refractivity contribution in [3.63, 3.8) is 0 Å². The van der Waals surface area contributed by atoms with E-state index in [4.69, 9.17) is 11.6 Å². The Morgan fingerprint density at radius 1 is 1.26 bits per heavy atom. The highest BCUT2D eigenvalue weighted by molar-refractivity contribution is 6.30. The van der Waals surface area contributed by atoms with Crippen LogP contribution in [0, 0.1) is 0 Å². The molecule has 1 aromatic heterocycles. The van der Waals surface area contributed by atoms with Gasteiger partial charge in [-0.15, -0.1) is 0 Å². The minimum Gasteiger partial charge on any atom is -0.374 e. The number of H-pyrrole nitrogens is 1. The number of nitrogens with zero attached hydrogens (tertiary/aromatic N) is 1. The third-order valence-corrected chi connectivity index (χ3v) is 3.85. The number of benzene rings is 1. The van der Waals surface area contributed by atoms with E-state index in [9.17, 15) is 4.79 Å². The zero-order valence-corrected chi connectivity index (χ0v) is 11.5. The number of pyridine rings is 1. The Morgan fingerprint density at radius 3 is 2.74 bits per heavy atom. The summed E-state index contributed by atoms with van der Waals surface area (Å²) in [6.45, 7) is 0.997. The average Bonchev–Trinajstić information content (AvgIpc) is 2.41. The van der Waals surface area contributed by atoms with Crippen molar-refractivity contribution in [1.82, 2.24) is 4.98 Å². The van der Waals surface area contributed by atoms with Gasteiger partial charge in [0.15, 0.2) is 0 Å². The molecule has 1 aliphatic heterocycles. The molecule has 0 amide bonds. The Kier molecular flexibility index (Phi) is 3.07. The van der Waals surface area contributed by atoms with Crippen molar-refractivity contribution in [2.24, 2.45) is 0 Å². The molecular weight excluding hydrogens is 260 g/mol. The quantitative estimate of drug-likeness (QED) is 0.867. The monoisotopic (exact) mass is 274 g/mol. The summed E-state index contributed by atoms with van der Waals surface area (Å²) in [6.07, 6.45) is 1.89. The number of hydrogen-bond acceptors (Lipinski definition) is 2.